The van der Waals surface area contributed by atoms with E-state index < -0.39 is 0 Å². The third-order valence-corrected chi connectivity index (χ3v) is 15.3. The van der Waals surface area contributed by atoms with E-state index in [0.29, 0.717) is 0 Å². The summed E-state index contributed by atoms with van der Waals surface area (Å²) in [5.74, 6) is 0. The fourth-order valence-corrected chi connectivity index (χ4v) is 10.0. The maximum Gasteiger partial charge on any atom is -0.0156 e. The fraction of sp³-hybridized carbons (Fsp3) is 1.00. The zero-order chi connectivity index (χ0) is 23.0. The van der Waals surface area contributed by atoms with Gasteiger partial charge >= 0.3 is 0 Å². The first-order valence-corrected chi connectivity index (χ1v) is 11.8. The minimum Gasteiger partial charge on any atom is -0.0588 e. The Kier molecular flexibility index (Phi) is 4.39. The van der Waals surface area contributed by atoms with Crippen molar-refractivity contribution in [1.82, 2.24) is 0 Å². The van der Waals surface area contributed by atoms with Gasteiger partial charge in [0.1, 0.15) is 0 Å². The van der Waals surface area contributed by atoms with E-state index in [1.807, 2.05) is 0 Å². The number of hydrogen-bond donors (Lipinski definition) is 0. The first kappa shape index (κ1) is 24.3. The Morgan fingerprint density at radius 1 is 0.179 bits per heavy atom. The van der Waals surface area contributed by atoms with Gasteiger partial charge in [0.2, 0.25) is 0 Å². The molecule has 0 spiro atoms. The molecule has 0 atom stereocenters. The van der Waals surface area contributed by atoms with Crippen molar-refractivity contribution >= 4 is 0 Å². The van der Waals surface area contributed by atoms with Gasteiger partial charge < -0.3 is 0 Å². The summed E-state index contributed by atoms with van der Waals surface area (Å²) < 4.78 is 0. The van der Waals surface area contributed by atoms with Gasteiger partial charge in [-0.05, 0) is 54.1 Å². The van der Waals surface area contributed by atoms with E-state index >= 15 is 0 Å². The molecule has 28 heavy (non-hydrogen) atoms. The zero-order valence-electron chi connectivity index (χ0n) is 23.0. The highest BCUT2D eigenvalue weighted by atomic mass is 14.9. The summed E-state index contributed by atoms with van der Waals surface area (Å²) in [6.07, 6.45) is 0. The van der Waals surface area contributed by atoms with Crippen LogP contribution in [0.2, 0.25) is 0 Å². The van der Waals surface area contributed by atoms with Crippen LogP contribution < -0.4 is 0 Å². The highest BCUT2D eigenvalue weighted by molar-refractivity contribution is 5.32. The molecule has 2 aliphatic rings. The molecule has 2 rings (SSSR count). The first-order chi connectivity index (χ1) is 11.8. The Balaban J connectivity index is 3.39. The third-order valence-electron chi connectivity index (χ3n) is 15.3. The van der Waals surface area contributed by atoms with E-state index in [0.717, 1.165) is 0 Å². The maximum atomic E-state index is 2.67. The normalized spacial score (nSPS) is 43.1. The molecular formula is C28H54. The first-order valence-electron chi connectivity index (χ1n) is 11.8. The van der Waals surface area contributed by atoms with Gasteiger partial charge in [0.05, 0.1) is 0 Å². The van der Waals surface area contributed by atoms with Gasteiger partial charge in [0, 0.05) is 0 Å². The summed E-state index contributed by atoms with van der Waals surface area (Å²) in [6.45, 7) is 47.0. The smallest absolute Gasteiger partial charge is 0.0156 e. The summed E-state index contributed by atoms with van der Waals surface area (Å²) in [5, 5.41) is 0. The lowest BCUT2D eigenvalue weighted by atomic mass is 9.29. The second kappa shape index (κ2) is 5.07. The number of rotatable bonds is 0. The maximum absolute atomic E-state index is 2.67. The lowest BCUT2D eigenvalue weighted by Crippen LogP contribution is -2.70. The molecule has 2 fully saturated rings. The standard InChI is InChI=1S/C28H54/c1-19(2)21(5,6)27(17)23(9,10)20(3,4)24(11,12)28(18,22(19,7)8)26(15,16)25(27,13)14/h1-18H3. The summed E-state index contributed by atoms with van der Waals surface area (Å²) in [7, 11) is 0. The summed E-state index contributed by atoms with van der Waals surface area (Å²) in [5.41, 5.74) is 1.50. The van der Waals surface area contributed by atoms with E-state index in [1.54, 1.807) is 0 Å². The Bertz CT molecular complexity index is 577. The molecule has 0 unspecified atom stereocenters. The van der Waals surface area contributed by atoms with Crippen LogP contribution in [0, 0.1) is 54.1 Å². The number of hydrogen-bond acceptors (Lipinski definition) is 0. The van der Waals surface area contributed by atoms with Gasteiger partial charge in [-0.1, -0.05) is 125 Å². The molecule has 2 bridgehead atoms. The molecule has 0 aromatic rings. The molecule has 0 aliphatic heterocycles. The van der Waals surface area contributed by atoms with Crippen LogP contribution in [0.5, 0.6) is 0 Å². The Morgan fingerprint density at radius 2 is 0.286 bits per heavy atom. The molecule has 0 radical (unpaired) electrons. The SMILES string of the molecule is CC1(C)C(C)(C)C2(C)C(C)(C)C(C)(C)C(C)(C)C(C)(C1(C)C)C(C)(C)C2(C)C. The van der Waals surface area contributed by atoms with Crippen molar-refractivity contribution in [2.75, 3.05) is 0 Å². The Morgan fingerprint density at radius 3 is 0.429 bits per heavy atom. The van der Waals surface area contributed by atoms with Gasteiger partial charge in [-0.25, -0.2) is 0 Å². The van der Waals surface area contributed by atoms with Crippen molar-refractivity contribution in [3.05, 3.63) is 0 Å². The van der Waals surface area contributed by atoms with Crippen LogP contribution in [0.1, 0.15) is 125 Å². The fourth-order valence-electron chi connectivity index (χ4n) is 10.0. The van der Waals surface area contributed by atoms with Gasteiger partial charge in [0.25, 0.3) is 0 Å². The lowest BCUT2D eigenvalue weighted by Gasteiger charge is -2.75. The zero-order valence-corrected chi connectivity index (χ0v) is 23.0. The second-order valence-electron chi connectivity index (χ2n) is 15.2. The molecule has 0 aromatic heterocycles. The van der Waals surface area contributed by atoms with Crippen LogP contribution in [0.15, 0.2) is 0 Å². The van der Waals surface area contributed by atoms with E-state index in [4.69, 9.17) is 0 Å². The van der Waals surface area contributed by atoms with E-state index in [2.05, 4.69) is 125 Å². The van der Waals surface area contributed by atoms with E-state index in [1.165, 1.54) is 0 Å². The summed E-state index contributed by atoms with van der Waals surface area (Å²) in [6, 6.07) is 0. The molecule has 2 aliphatic carbocycles. The summed E-state index contributed by atoms with van der Waals surface area (Å²) >= 11 is 0. The van der Waals surface area contributed by atoms with Crippen LogP contribution in [-0.4, -0.2) is 0 Å². The molecule has 166 valence electrons. The average Bonchev–Trinajstić information content (AvgIpc) is 2.50. The van der Waals surface area contributed by atoms with Crippen molar-refractivity contribution in [1.29, 1.82) is 0 Å². The van der Waals surface area contributed by atoms with Crippen LogP contribution in [0.3, 0.4) is 0 Å². The van der Waals surface area contributed by atoms with Crippen molar-refractivity contribution in [2.24, 2.45) is 54.1 Å². The monoisotopic (exact) mass is 390 g/mol. The molecule has 0 heteroatoms. The van der Waals surface area contributed by atoms with Gasteiger partial charge in [-0.2, -0.15) is 0 Å². The van der Waals surface area contributed by atoms with Crippen molar-refractivity contribution in [2.45, 2.75) is 125 Å². The van der Waals surface area contributed by atoms with Gasteiger partial charge in [-0.15, -0.1) is 0 Å². The Hall–Kier alpha value is 0. The quantitative estimate of drug-likeness (QED) is 0.386. The topological polar surface area (TPSA) is 0 Å². The van der Waals surface area contributed by atoms with Gasteiger partial charge in [-0.3, -0.25) is 0 Å². The lowest BCUT2D eigenvalue weighted by molar-refractivity contribution is -0.278. The predicted octanol–water partition coefficient (Wildman–Crippen LogP) is 9.24. The predicted molar refractivity (Wildman–Crippen MR) is 126 cm³/mol. The van der Waals surface area contributed by atoms with Crippen LogP contribution in [0.25, 0.3) is 0 Å². The largest absolute Gasteiger partial charge is 0.0588 e. The average molecular weight is 391 g/mol. The molecule has 0 amide bonds. The highest BCUT2D eigenvalue weighted by Crippen LogP contribution is 2.90. The van der Waals surface area contributed by atoms with Crippen molar-refractivity contribution in [3.8, 4) is 0 Å². The minimum atomic E-state index is 0.131. The Labute approximate surface area is 179 Å². The number of fused-ring (bicyclic) bond motifs is 3. The molecule has 0 N–H and O–H groups in total. The molecule has 2 saturated carbocycles. The molecule has 0 aromatic carbocycles. The third kappa shape index (κ3) is 1.66. The van der Waals surface area contributed by atoms with Crippen molar-refractivity contribution in [3.63, 3.8) is 0 Å². The van der Waals surface area contributed by atoms with E-state index in [-0.39, 0.29) is 54.1 Å². The van der Waals surface area contributed by atoms with Gasteiger partial charge in [0.15, 0.2) is 0 Å². The highest BCUT2D eigenvalue weighted by Gasteiger charge is 2.84. The molecule has 0 heterocycles. The second-order valence-corrected chi connectivity index (χ2v) is 15.2. The van der Waals surface area contributed by atoms with Crippen molar-refractivity contribution < 1.29 is 0 Å². The van der Waals surface area contributed by atoms with Crippen LogP contribution in [0.4, 0.5) is 0 Å². The molecule has 0 nitrogen and oxygen atoms in total. The van der Waals surface area contributed by atoms with E-state index in [9.17, 15) is 0 Å². The molecular weight excluding hydrogens is 336 g/mol. The van der Waals surface area contributed by atoms with Crippen LogP contribution in [-0.2, 0) is 0 Å². The molecule has 0 saturated heterocycles. The minimum absolute atomic E-state index is 0.131. The van der Waals surface area contributed by atoms with Crippen LogP contribution >= 0.6 is 0 Å². The summed E-state index contributed by atoms with van der Waals surface area (Å²) in [4.78, 5) is 0.